The third-order valence-corrected chi connectivity index (χ3v) is 5.58. The van der Waals surface area contributed by atoms with E-state index >= 15 is 0 Å². The second-order valence-electron chi connectivity index (χ2n) is 7.69. The number of piperidine rings is 1. The summed E-state index contributed by atoms with van der Waals surface area (Å²) in [6.45, 7) is 4.93. The van der Waals surface area contributed by atoms with Gasteiger partial charge in [-0.05, 0) is 44.0 Å². The molecule has 1 unspecified atom stereocenters. The number of amides is 2. The molecule has 2 amide bonds. The normalized spacial score (nSPS) is 21.2. The van der Waals surface area contributed by atoms with Crippen LogP contribution in [-0.2, 0) is 4.79 Å². The Labute approximate surface area is 164 Å². The van der Waals surface area contributed by atoms with Gasteiger partial charge in [-0.1, -0.05) is 6.07 Å². The van der Waals surface area contributed by atoms with E-state index in [1.54, 1.807) is 18.3 Å². The summed E-state index contributed by atoms with van der Waals surface area (Å²) in [5.41, 5.74) is 0.993. The first-order valence-corrected chi connectivity index (χ1v) is 9.87. The molecular weight excluding hydrogens is 356 g/mol. The molecule has 2 aliphatic rings. The highest BCUT2D eigenvalue weighted by Gasteiger charge is 2.33. The number of hydrogen-bond donors (Lipinski definition) is 1. The number of nitrogens with zero attached hydrogens (tertiary/aromatic N) is 3. The first-order valence-electron chi connectivity index (χ1n) is 9.87. The van der Waals surface area contributed by atoms with Crippen molar-refractivity contribution < 1.29 is 14.0 Å². The van der Waals surface area contributed by atoms with Gasteiger partial charge < -0.3 is 14.6 Å². The molecule has 7 nitrogen and oxygen atoms in total. The zero-order chi connectivity index (χ0) is 19.5. The number of aryl methyl sites for hydroxylation is 1. The van der Waals surface area contributed by atoms with Crippen molar-refractivity contribution in [2.24, 2.45) is 0 Å². The Hall–Kier alpha value is -2.67. The van der Waals surface area contributed by atoms with Crippen LogP contribution in [0.1, 0.15) is 47.2 Å². The molecule has 0 aromatic carbocycles. The molecule has 0 bridgehead atoms. The summed E-state index contributed by atoms with van der Waals surface area (Å²) in [5, 5.41) is 3.05. The van der Waals surface area contributed by atoms with Gasteiger partial charge in [-0.3, -0.25) is 19.5 Å². The fourth-order valence-corrected chi connectivity index (χ4v) is 4.00. The second-order valence-corrected chi connectivity index (χ2v) is 7.69. The van der Waals surface area contributed by atoms with E-state index in [-0.39, 0.29) is 23.8 Å². The van der Waals surface area contributed by atoms with E-state index in [4.69, 9.17) is 4.42 Å². The summed E-state index contributed by atoms with van der Waals surface area (Å²) in [6, 6.07) is 9.51. The Morgan fingerprint density at radius 1 is 1.25 bits per heavy atom. The van der Waals surface area contributed by atoms with Crippen molar-refractivity contribution in [1.29, 1.82) is 0 Å². The number of furan rings is 1. The minimum atomic E-state index is -0.153. The van der Waals surface area contributed by atoms with Gasteiger partial charge in [-0.2, -0.15) is 0 Å². The monoisotopic (exact) mass is 382 g/mol. The van der Waals surface area contributed by atoms with Crippen LogP contribution in [-0.4, -0.2) is 58.9 Å². The van der Waals surface area contributed by atoms with Crippen LogP contribution < -0.4 is 5.32 Å². The molecular formula is C21H26N4O3. The molecule has 1 N–H and O–H groups in total. The summed E-state index contributed by atoms with van der Waals surface area (Å²) in [5.74, 6) is 1.32. The fourth-order valence-electron chi connectivity index (χ4n) is 4.00. The Kier molecular flexibility index (Phi) is 5.43. The van der Waals surface area contributed by atoms with Crippen molar-refractivity contribution in [3.8, 4) is 0 Å². The molecule has 148 valence electrons. The molecule has 4 heterocycles. The van der Waals surface area contributed by atoms with Gasteiger partial charge in [0.2, 0.25) is 5.91 Å². The van der Waals surface area contributed by atoms with E-state index in [0.29, 0.717) is 18.8 Å². The van der Waals surface area contributed by atoms with Crippen molar-refractivity contribution in [3.05, 3.63) is 53.7 Å². The summed E-state index contributed by atoms with van der Waals surface area (Å²) in [6.07, 6.45) is 4.06. The maximum absolute atomic E-state index is 12.4. The summed E-state index contributed by atoms with van der Waals surface area (Å²) < 4.78 is 5.38. The number of aromatic nitrogens is 1. The highest BCUT2D eigenvalue weighted by molar-refractivity contribution is 5.91. The lowest BCUT2D eigenvalue weighted by Crippen LogP contribution is -2.48. The van der Waals surface area contributed by atoms with Gasteiger partial charge in [0.1, 0.15) is 5.76 Å². The fraction of sp³-hybridized carbons (Fsp3) is 0.476. The maximum Gasteiger partial charge on any atom is 0.287 e. The number of pyridine rings is 1. The zero-order valence-electron chi connectivity index (χ0n) is 16.1. The Morgan fingerprint density at radius 2 is 2.07 bits per heavy atom. The number of hydrogen-bond acceptors (Lipinski definition) is 5. The lowest BCUT2D eigenvalue weighted by atomic mass is 10.0. The smallest absolute Gasteiger partial charge is 0.287 e. The molecule has 7 heteroatoms. The van der Waals surface area contributed by atoms with Crippen molar-refractivity contribution in [2.45, 2.75) is 38.1 Å². The van der Waals surface area contributed by atoms with E-state index in [1.807, 2.05) is 30.0 Å². The van der Waals surface area contributed by atoms with Crippen molar-refractivity contribution in [1.82, 2.24) is 20.1 Å². The molecule has 2 aromatic heterocycles. The lowest BCUT2D eigenvalue weighted by molar-refractivity contribution is -0.129. The SMILES string of the molecule is Cc1ccc(C(=O)NC2CCN(CN3CC(c4ccccn4)CC3=O)CC2)o1. The average molecular weight is 382 g/mol. The third kappa shape index (κ3) is 4.25. The molecule has 0 spiro atoms. The van der Waals surface area contributed by atoms with Crippen LogP contribution in [0.25, 0.3) is 0 Å². The molecule has 0 aliphatic carbocycles. The Morgan fingerprint density at radius 3 is 2.75 bits per heavy atom. The highest BCUT2D eigenvalue weighted by atomic mass is 16.3. The number of nitrogens with one attached hydrogen (secondary N) is 1. The van der Waals surface area contributed by atoms with Gasteiger partial charge in [0.05, 0.1) is 6.67 Å². The van der Waals surface area contributed by atoms with E-state index < -0.39 is 0 Å². The van der Waals surface area contributed by atoms with E-state index in [2.05, 4.69) is 15.2 Å². The van der Waals surface area contributed by atoms with Gasteiger partial charge in [0.25, 0.3) is 5.91 Å². The van der Waals surface area contributed by atoms with Crippen LogP contribution in [0, 0.1) is 6.92 Å². The van der Waals surface area contributed by atoms with Crippen molar-refractivity contribution in [2.75, 3.05) is 26.3 Å². The summed E-state index contributed by atoms with van der Waals surface area (Å²) in [4.78, 5) is 33.3. The number of rotatable bonds is 5. The molecule has 2 aromatic rings. The number of carbonyl (C=O) groups excluding carboxylic acids is 2. The topological polar surface area (TPSA) is 78.7 Å². The first kappa shape index (κ1) is 18.7. The summed E-state index contributed by atoms with van der Waals surface area (Å²) >= 11 is 0. The third-order valence-electron chi connectivity index (χ3n) is 5.58. The van der Waals surface area contributed by atoms with Crippen LogP contribution in [0.4, 0.5) is 0 Å². The molecule has 0 radical (unpaired) electrons. The first-order chi connectivity index (χ1) is 13.6. The minimum absolute atomic E-state index is 0.143. The maximum atomic E-state index is 12.4. The molecule has 1 atom stereocenters. The molecule has 28 heavy (non-hydrogen) atoms. The van der Waals surface area contributed by atoms with Crippen LogP contribution in [0.15, 0.2) is 40.9 Å². The van der Waals surface area contributed by atoms with Crippen molar-refractivity contribution in [3.63, 3.8) is 0 Å². The number of carbonyl (C=O) groups is 2. The van der Waals surface area contributed by atoms with Gasteiger partial charge >= 0.3 is 0 Å². The molecule has 2 saturated heterocycles. The zero-order valence-corrected chi connectivity index (χ0v) is 16.1. The van der Waals surface area contributed by atoms with E-state index in [1.165, 1.54) is 0 Å². The van der Waals surface area contributed by atoms with Crippen LogP contribution >= 0.6 is 0 Å². The predicted molar refractivity (Wildman–Crippen MR) is 104 cm³/mol. The average Bonchev–Trinajstić information content (AvgIpc) is 3.30. The summed E-state index contributed by atoms with van der Waals surface area (Å²) in [7, 11) is 0. The Bertz CT molecular complexity index is 827. The molecule has 2 aliphatic heterocycles. The highest BCUT2D eigenvalue weighted by Crippen LogP contribution is 2.27. The van der Waals surface area contributed by atoms with Crippen LogP contribution in [0.2, 0.25) is 0 Å². The number of likely N-dealkylation sites (tertiary alicyclic amines) is 2. The minimum Gasteiger partial charge on any atom is -0.456 e. The molecule has 4 rings (SSSR count). The largest absolute Gasteiger partial charge is 0.456 e. The van der Waals surface area contributed by atoms with Crippen molar-refractivity contribution >= 4 is 11.8 Å². The second kappa shape index (κ2) is 8.14. The standard InChI is InChI=1S/C21H26N4O3/c1-15-5-6-19(28-15)21(27)23-17-7-10-24(11-8-17)14-25-13-16(12-20(25)26)18-4-2-3-9-22-18/h2-6,9,16-17H,7-8,10-14H2,1H3,(H,23,27). The quantitative estimate of drug-likeness (QED) is 0.857. The van der Waals surface area contributed by atoms with Crippen LogP contribution in [0.5, 0.6) is 0 Å². The molecule has 0 saturated carbocycles. The Balaban J connectivity index is 1.24. The van der Waals surface area contributed by atoms with Gasteiger partial charge in [0, 0.05) is 49.9 Å². The van der Waals surface area contributed by atoms with Gasteiger partial charge in [-0.25, -0.2) is 0 Å². The van der Waals surface area contributed by atoms with Gasteiger partial charge in [0.15, 0.2) is 5.76 Å². The van der Waals surface area contributed by atoms with E-state index in [0.717, 1.165) is 43.9 Å². The van der Waals surface area contributed by atoms with Crippen LogP contribution in [0.3, 0.4) is 0 Å². The lowest BCUT2D eigenvalue weighted by Gasteiger charge is -2.34. The van der Waals surface area contributed by atoms with Gasteiger partial charge in [-0.15, -0.1) is 0 Å². The molecule has 2 fully saturated rings. The predicted octanol–water partition coefficient (Wildman–Crippen LogP) is 2.15. The van der Waals surface area contributed by atoms with E-state index in [9.17, 15) is 9.59 Å².